The second-order valence-corrected chi connectivity index (χ2v) is 12.9. The molecule has 5 aromatic rings. The lowest BCUT2D eigenvalue weighted by molar-refractivity contribution is -0.116. The van der Waals surface area contributed by atoms with Crippen LogP contribution in [0.4, 0.5) is 5.69 Å². The van der Waals surface area contributed by atoms with Gasteiger partial charge in [-0.2, -0.15) is 0 Å². The lowest BCUT2D eigenvalue weighted by atomic mass is 10.1. The fourth-order valence-electron chi connectivity index (χ4n) is 4.55. The van der Waals surface area contributed by atoms with Crippen molar-refractivity contribution in [2.75, 3.05) is 11.5 Å². The molecule has 0 saturated carbocycles. The van der Waals surface area contributed by atoms with Crippen molar-refractivity contribution in [3.63, 3.8) is 0 Å². The average molecular weight is 550 g/mol. The molecule has 188 valence electrons. The minimum Gasteiger partial charge on any atom is -0.508 e. The predicted molar refractivity (Wildman–Crippen MR) is 153 cm³/mol. The Morgan fingerprint density at radius 2 is 1.73 bits per heavy atom. The summed E-state index contributed by atoms with van der Waals surface area (Å²) in [5.74, 6) is -0.351. The highest BCUT2D eigenvalue weighted by Gasteiger charge is 2.39. The number of benzene rings is 4. The zero-order chi connectivity index (χ0) is 26.0. The fraction of sp³-hybridized carbons (Fsp3) is 0.138. The van der Waals surface area contributed by atoms with Crippen LogP contribution in [0.5, 0.6) is 5.75 Å². The van der Waals surface area contributed by atoms with Gasteiger partial charge in [0.05, 0.1) is 0 Å². The number of rotatable bonds is 8. The van der Waals surface area contributed by atoms with E-state index >= 15 is 0 Å². The minimum absolute atomic E-state index is 0.0262. The second-order valence-electron chi connectivity index (χ2n) is 9.03. The molecule has 4 aromatic carbocycles. The molecule has 2 atom stereocenters. The summed E-state index contributed by atoms with van der Waals surface area (Å²) >= 11 is 7.67. The van der Waals surface area contributed by atoms with E-state index in [-0.39, 0.29) is 11.9 Å². The van der Waals surface area contributed by atoms with Gasteiger partial charge in [0.2, 0.25) is 13.3 Å². The summed E-state index contributed by atoms with van der Waals surface area (Å²) in [7, 11) is -4.00. The first-order chi connectivity index (χ1) is 17.8. The monoisotopic (exact) mass is 549 g/mol. The topological polar surface area (TPSA) is 86.6 Å². The van der Waals surface area contributed by atoms with Gasteiger partial charge in [-0.3, -0.25) is 9.36 Å². The van der Waals surface area contributed by atoms with E-state index in [2.05, 4.69) is 5.32 Å². The molecule has 0 aliphatic rings. The van der Waals surface area contributed by atoms with Crippen LogP contribution in [0, 0.1) is 0 Å². The highest BCUT2D eigenvalue weighted by atomic mass is 35.5. The van der Waals surface area contributed by atoms with Gasteiger partial charge in [0.15, 0.2) is 0 Å². The Morgan fingerprint density at radius 1 is 0.973 bits per heavy atom. The van der Waals surface area contributed by atoms with Crippen molar-refractivity contribution in [3.05, 3.63) is 106 Å². The Labute approximate surface area is 223 Å². The van der Waals surface area contributed by atoms with Gasteiger partial charge in [-0.05, 0) is 88.0 Å². The number of phenols is 1. The number of amides is 1. The van der Waals surface area contributed by atoms with E-state index in [0.717, 1.165) is 21.0 Å². The molecule has 1 aromatic heterocycles. The highest BCUT2D eigenvalue weighted by Crippen LogP contribution is 2.58. The largest absolute Gasteiger partial charge is 0.508 e. The zero-order valence-corrected chi connectivity index (χ0v) is 22.3. The van der Waals surface area contributed by atoms with Crippen molar-refractivity contribution < 1.29 is 19.4 Å². The van der Waals surface area contributed by atoms with Crippen LogP contribution >= 0.6 is 30.3 Å². The number of phenolic OH excluding ortho intramolecular Hbond substituents is 1. The van der Waals surface area contributed by atoms with Crippen LogP contribution in [0.1, 0.15) is 23.2 Å². The quantitative estimate of drug-likeness (QED) is 0.171. The number of aromatic hydroxyl groups is 1. The summed E-state index contributed by atoms with van der Waals surface area (Å²) in [6.45, 7) is 0. The minimum atomic E-state index is -4.00. The Kier molecular flexibility index (Phi) is 7.36. The van der Waals surface area contributed by atoms with E-state index in [9.17, 15) is 19.4 Å². The van der Waals surface area contributed by atoms with Gasteiger partial charge in [-0.15, -0.1) is 11.3 Å². The molecule has 1 amide bonds. The van der Waals surface area contributed by atoms with Crippen LogP contribution in [0.3, 0.4) is 0 Å². The van der Waals surface area contributed by atoms with E-state index in [4.69, 9.17) is 11.6 Å². The van der Waals surface area contributed by atoms with E-state index in [1.165, 1.54) is 11.3 Å². The van der Waals surface area contributed by atoms with Gasteiger partial charge < -0.3 is 15.3 Å². The molecule has 0 aliphatic carbocycles. The van der Waals surface area contributed by atoms with Crippen LogP contribution in [0.2, 0.25) is 5.02 Å². The van der Waals surface area contributed by atoms with Crippen molar-refractivity contribution in [2.24, 2.45) is 0 Å². The molecule has 0 radical (unpaired) electrons. The van der Waals surface area contributed by atoms with Crippen LogP contribution < -0.4 is 5.32 Å². The summed E-state index contributed by atoms with van der Waals surface area (Å²) in [6.07, 6.45) is 0.947. The zero-order valence-electron chi connectivity index (χ0n) is 19.8. The molecular formula is C29H25ClNO4PS. The number of hydrogen-bond donors (Lipinski definition) is 3. The number of anilines is 1. The van der Waals surface area contributed by atoms with Gasteiger partial charge in [0.25, 0.3) is 0 Å². The Hall–Kier alpha value is -3.15. The molecule has 1 heterocycles. The van der Waals surface area contributed by atoms with E-state index in [0.29, 0.717) is 34.5 Å². The summed E-state index contributed by atoms with van der Waals surface area (Å²) < 4.78 is 14.8. The van der Waals surface area contributed by atoms with Crippen LogP contribution in [0.25, 0.3) is 20.9 Å². The first-order valence-corrected chi connectivity index (χ1v) is 15.0. The normalized spacial score (nSPS) is 13.9. The van der Waals surface area contributed by atoms with E-state index < -0.39 is 18.9 Å². The number of hydrogen-bond acceptors (Lipinski definition) is 4. The van der Waals surface area contributed by atoms with Crippen LogP contribution in [-0.4, -0.2) is 22.1 Å². The molecule has 0 spiro atoms. The number of carbonyl (C=O) groups is 1. The molecule has 0 bridgehead atoms. The second kappa shape index (κ2) is 10.7. The SMILES string of the molecule is O=C(Nc1ccc2ccccc2c1)C(c1csc2ccc(Cl)cc12)P(=O)(O)CCCc1ccc(O)cc1. The van der Waals surface area contributed by atoms with Crippen molar-refractivity contribution in [1.29, 1.82) is 0 Å². The molecule has 5 nitrogen and oxygen atoms in total. The Balaban J connectivity index is 1.45. The number of aryl methyl sites for hydroxylation is 1. The van der Waals surface area contributed by atoms with Crippen molar-refractivity contribution in [1.82, 2.24) is 0 Å². The summed E-state index contributed by atoms with van der Waals surface area (Å²) in [4.78, 5) is 25.0. The molecule has 2 unspecified atom stereocenters. The third-order valence-electron chi connectivity index (χ3n) is 6.41. The maximum absolute atomic E-state index is 13.9. The first-order valence-electron chi connectivity index (χ1n) is 11.9. The molecule has 37 heavy (non-hydrogen) atoms. The Morgan fingerprint density at radius 3 is 2.51 bits per heavy atom. The maximum atomic E-state index is 13.9. The summed E-state index contributed by atoms with van der Waals surface area (Å²) in [5, 5.41) is 17.4. The molecule has 0 saturated heterocycles. The van der Waals surface area contributed by atoms with Gasteiger partial charge in [-0.1, -0.05) is 54.1 Å². The number of fused-ring (bicyclic) bond motifs is 2. The third kappa shape index (κ3) is 5.73. The summed E-state index contributed by atoms with van der Waals surface area (Å²) in [6, 6.07) is 25.5. The predicted octanol–water partition coefficient (Wildman–Crippen LogP) is 8.00. The van der Waals surface area contributed by atoms with Crippen molar-refractivity contribution >= 4 is 62.8 Å². The summed E-state index contributed by atoms with van der Waals surface area (Å²) in [5.41, 5.74) is 0.778. The number of halogens is 1. The number of carbonyl (C=O) groups excluding carboxylic acids is 1. The third-order valence-corrected chi connectivity index (χ3v) is 9.90. The molecule has 3 N–H and O–H groups in total. The first kappa shape index (κ1) is 25.5. The molecule has 5 rings (SSSR count). The molecule has 8 heteroatoms. The molecule has 0 fully saturated rings. The molecular weight excluding hydrogens is 525 g/mol. The average Bonchev–Trinajstić information content (AvgIpc) is 3.27. The lowest BCUT2D eigenvalue weighted by Gasteiger charge is -2.23. The molecule has 0 aliphatic heterocycles. The maximum Gasteiger partial charge on any atom is 0.241 e. The highest BCUT2D eigenvalue weighted by molar-refractivity contribution is 7.59. The van der Waals surface area contributed by atoms with Gasteiger partial charge in [-0.25, -0.2) is 0 Å². The van der Waals surface area contributed by atoms with Crippen molar-refractivity contribution in [3.8, 4) is 5.75 Å². The van der Waals surface area contributed by atoms with Crippen LogP contribution in [0.15, 0.2) is 90.3 Å². The van der Waals surface area contributed by atoms with E-state index in [1.807, 2.05) is 42.5 Å². The number of thiophene rings is 1. The fourth-order valence-corrected chi connectivity index (χ4v) is 7.74. The number of nitrogens with one attached hydrogen (secondary N) is 1. The van der Waals surface area contributed by atoms with E-state index in [1.54, 1.807) is 47.8 Å². The lowest BCUT2D eigenvalue weighted by Crippen LogP contribution is -2.22. The van der Waals surface area contributed by atoms with Gasteiger partial charge in [0.1, 0.15) is 11.4 Å². The van der Waals surface area contributed by atoms with Crippen LogP contribution in [-0.2, 0) is 15.8 Å². The van der Waals surface area contributed by atoms with Crippen molar-refractivity contribution in [2.45, 2.75) is 18.5 Å². The van der Waals surface area contributed by atoms with Gasteiger partial charge >= 0.3 is 0 Å². The van der Waals surface area contributed by atoms with Gasteiger partial charge in [0, 0.05) is 21.6 Å². The standard InChI is InChI=1S/C29H25ClNO4PS/c30-22-10-14-27-25(17-22)26(18-37-27)28(36(34,35)15-3-4-19-7-12-24(32)13-8-19)29(33)31-23-11-9-20-5-1-2-6-21(20)16-23/h1-2,5-14,16-18,28,32H,3-4,15H2,(H,31,33)(H,34,35). The Bertz CT molecular complexity index is 1630. The smallest absolute Gasteiger partial charge is 0.241 e.